The topological polar surface area (TPSA) is 62.0 Å². The highest BCUT2D eigenvalue weighted by Crippen LogP contribution is 2.18. The van der Waals surface area contributed by atoms with E-state index >= 15 is 0 Å². The number of aromatic amines is 1. The summed E-state index contributed by atoms with van der Waals surface area (Å²) in [4.78, 5) is 26.6. The SMILES string of the molecule is CCCc1cc(C(=O)NC2CCC2)c(=O)[nH]c1C. The van der Waals surface area contributed by atoms with Crippen molar-refractivity contribution in [2.45, 2.75) is 52.0 Å². The largest absolute Gasteiger partial charge is 0.349 e. The van der Waals surface area contributed by atoms with Gasteiger partial charge in [-0.3, -0.25) is 9.59 Å². The fraction of sp³-hybridized carbons (Fsp3) is 0.571. The molecule has 0 saturated heterocycles. The van der Waals surface area contributed by atoms with Gasteiger partial charge in [0.25, 0.3) is 11.5 Å². The average molecular weight is 248 g/mol. The smallest absolute Gasteiger partial charge is 0.261 e. The maximum atomic E-state index is 12.0. The second-order valence-electron chi connectivity index (χ2n) is 5.01. The number of carbonyl (C=O) groups is 1. The van der Waals surface area contributed by atoms with Crippen molar-refractivity contribution in [3.8, 4) is 0 Å². The molecule has 2 rings (SSSR count). The summed E-state index contributed by atoms with van der Waals surface area (Å²) in [5.41, 5.74) is 1.87. The molecule has 1 aliphatic rings. The van der Waals surface area contributed by atoms with E-state index in [1.54, 1.807) is 6.07 Å². The van der Waals surface area contributed by atoms with Crippen LogP contribution in [0.5, 0.6) is 0 Å². The quantitative estimate of drug-likeness (QED) is 0.855. The van der Waals surface area contributed by atoms with Crippen LogP contribution < -0.4 is 10.9 Å². The third kappa shape index (κ3) is 2.63. The van der Waals surface area contributed by atoms with Crippen molar-refractivity contribution in [3.05, 3.63) is 33.2 Å². The molecule has 4 nitrogen and oxygen atoms in total. The Morgan fingerprint density at radius 2 is 2.22 bits per heavy atom. The number of carbonyl (C=O) groups excluding carboxylic acids is 1. The van der Waals surface area contributed by atoms with Crippen LogP contribution in [0.15, 0.2) is 10.9 Å². The summed E-state index contributed by atoms with van der Waals surface area (Å²) in [6, 6.07) is 2.00. The number of hydrogen-bond acceptors (Lipinski definition) is 2. The van der Waals surface area contributed by atoms with Crippen LogP contribution in [0.4, 0.5) is 0 Å². The maximum absolute atomic E-state index is 12.0. The minimum atomic E-state index is -0.288. The first kappa shape index (κ1) is 12.9. The van der Waals surface area contributed by atoms with Crippen LogP contribution in [0.1, 0.15) is 54.2 Å². The molecule has 4 heteroatoms. The van der Waals surface area contributed by atoms with Crippen LogP contribution in [-0.4, -0.2) is 16.9 Å². The van der Waals surface area contributed by atoms with E-state index in [0.29, 0.717) is 0 Å². The van der Waals surface area contributed by atoms with Crippen molar-refractivity contribution in [3.63, 3.8) is 0 Å². The van der Waals surface area contributed by atoms with Crippen molar-refractivity contribution >= 4 is 5.91 Å². The lowest BCUT2D eigenvalue weighted by molar-refractivity contribution is 0.0915. The van der Waals surface area contributed by atoms with Gasteiger partial charge in [0.15, 0.2) is 0 Å². The zero-order valence-electron chi connectivity index (χ0n) is 11.0. The number of rotatable bonds is 4. The zero-order valence-corrected chi connectivity index (χ0v) is 11.0. The van der Waals surface area contributed by atoms with Crippen molar-refractivity contribution < 1.29 is 4.79 Å². The number of amides is 1. The van der Waals surface area contributed by atoms with E-state index in [0.717, 1.165) is 43.4 Å². The summed E-state index contributed by atoms with van der Waals surface area (Å²) >= 11 is 0. The lowest BCUT2D eigenvalue weighted by Crippen LogP contribution is -2.41. The monoisotopic (exact) mass is 248 g/mol. The Bertz CT molecular complexity index is 501. The summed E-state index contributed by atoms with van der Waals surface area (Å²) in [5, 5.41) is 2.90. The lowest BCUT2D eigenvalue weighted by Gasteiger charge is -2.26. The maximum Gasteiger partial charge on any atom is 0.261 e. The molecule has 18 heavy (non-hydrogen) atoms. The van der Waals surface area contributed by atoms with Crippen LogP contribution in [0.25, 0.3) is 0 Å². The standard InChI is InChI=1S/C14H20N2O2/c1-3-5-10-8-12(13(17)15-9(10)2)14(18)16-11-6-4-7-11/h8,11H,3-7H2,1-2H3,(H,15,17)(H,16,18). The highest BCUT2D eigenvalue weighted by atomic mass is 16.2. The highest BCUT2D eigenvalue weighted by Gasteiger charge is 2.21. The van der Waals surface area contributed by atoms with Crippen LogP contribution in [0.2, 0.25) is 0 Å². The van der Waals surface area contributed by atoms with Gasteiger partial charge >= 0.3 is 0 Å². The van der Waals surface area contributed by atoms with Gasteiger partial charge < -0.3 is 10.3 Å². The van der Waals surface area contributed by atoms with E-state index in [-0.39, 0.29) is 23.1 Å². The van der Waals surface area contributed by atoms with Gasteiger partial charge in [-0.1, -0.05) is 13.3 Å². The molecule has 1 saturated carbocycles. The number of aryl methyl sites for hydroxylation is 2. The summed E-state index contributed by atoms with van der Waals surface area (Å²) < 4.78 is 0. The molecule has 0 atom stereocenters. The Morgan fingerprint density at radius 1 is 1.50 bits per heavy atom. The number of aromatic nitrogens is 1. The van der Waals surface area contributed by atoms with Gasteiger partial charge in [-0.25, -0.2) is 0 Å². The van der Waals surface area contributed by atoms with Gasteiger partial charge in [0, 0.05) is 11.7 Å². The Balaban J connectivity index is 2.22. The third-order valence-electron chi connectivity index (χ3n) is 3.55. The summed E-state index contributed by atoms with van der Waals surface area (Å²) in [6.07, 6.45) is 5.09. The Labute approximate surface area is 107 Å². The van der Waals surface area contributed by atoms with E-state index in [9.17, 15) is 9.59 Å². The molecule has 0 spiro atoms. The fourth-order valence-corrected chi connectivity index (χ4v) is 2.18. The minimum Gasteiger partial charge on any atom is -0.349 e. The van der Waals surface area contributed by atoms with Crippen LogP contribution >= 0.6 is 0 Å². The first-order valence-electron chi connectivity index (χ1n) is 6.65. The highest BCUT2D eigenvalue weighted by molar-refractivity contribution is 5.94. The Hall–Kier alpha value is -1.58. The molecule has 1 fully saturated rings. The molecule has 0 aliphatic heterocycles. The average Bonchev–Trinajstić information content (AvgIpc) is 2.27. The van der Waals surface area contributed by atoms with Gasteiger partial charge in [0.2, 0.25) is 0 Å². The Morgan fingerprint density at radius 3 is 2.78 bits per heavy atom. The van der Waals surface area contributed by atoms with Crippen LogP contribution in [0.3, 0.4) is 0 Å². The molecule has 0 aromatic carbocycles. The predicted molar refractivity (Wildman–Crippen MR) is 70.9 cm³/mol. The van der Waals surface area contributed by atoms with Gasteiger partial charge in [0.05, 0.1) is 0 Å². The second kappa shape index (κ2) is 5.38. The fourth-order valence-electron chi connectivity index (χ4n) is 2.18. The summed E-state index contributed by atoms with van der Waals surface area (Å²) in [5.74, 6) is -0.238. The lowest BCUT2D eigenvalue weighted by atomic mass is 9.93. The molecule has 1 heterocycles. The molecule has 98 valence electrons. The molecule has 0 unspecified atom stereocenters. The van der Waals surface area contributed by atoms with E-state index in [1.807, 2.05) is 6.92 Å². The zero-order chi connectivity index (χ0) is 13.1. The van der Waals surface area contributed by atoms with Crippen molar-refractivity contribution in [2.75, 3.05) is 0 Å². The molecule has 0 bridgehead atoms. The number of H-pyrrole nitrogens is 1. The first-order valence-corrected chi connectivity index (χ1v) is 6.65. The predicted octanol–water partition coefficient (Wildman–Crippen LogP) is 1.92. The van der Waals surface area contributed by atoms with Crippen LogP contribution in [-0.2, 0) is 6.42 Å². The summed E-state index contributed by atoms with van der Waals surface area (Å²) in [6.45, 7) is 3.96. The van der Waals surface area contributed by atoms with Crippen molar-refractivity contribution in [1.29, 1.82) is 0 Å². The summed E-state index contributed by atoms with van der Waals surface area (Å²) in [7, 11) is 0. The van der Waals surface area contributed by atoms with E-state index < -0.39 is 0 Å². The third-order valence-corrected chi connectivity index (χ3v) is 3.55. The number of hydrogen-bond donors (Lipinski definition) is 2. The molecular formula is C14H20N2O2. The molecule has 0 radical (unpaired) electrons. The normalized spacial score (nSPS) is 15.2. The molecule has 1 aromatic heterocycles. The van der Waals surface area contributed by atoms with Crippen molar-refractivity contribution in [1.82, 2.24) is 10.3 Å². The molecule has 1 aliphatic carbocycles. The van der Waals surface area contributed by atoms with E-state index in [2.05, 4.69) is 17.2 Å². The number of pyridine rings is 1. The molecule has 2 N–H and O–H groups in total. The van der Waals surface area contributed by atoms with Gasteiger partial charge in [-0.2, -0.15) is 0 Å². The Kier molecular flexibility index (Phi) is 3.84. The molecular weight excluding hydrogens is 228 g/mol. The molecule has 1 amide bonds. The number of nitrogens with one attached hydrogen (secondary N) is 2. The molecule has 1 aromatic rings. The van der Waals surface area contributed by atoms with E-state index in [1.165, 1.54) is 0 Å². The van der Waals surface area contributed by atoms with Crippen LogP contribution in [0, 0.1) is 6.92 Å². The van der Waals surface area contributed by atoms with Gasteiger partial charge in [0.1, 0.15) is 5.56 Å². The second-order valence-corrected chi connectivity index (χ2v) is 5.01. The first-order chi connectivity index (χ1) is 8.61. The van der Waals surface area contributed by atoms with Gasteiger partial charge in [-0.05, 0) is 44.2 Å². The van der Waals surface area contributed by atoms with E-state index in [4.69, 9.17) is 0 Å². The van der Waals surface area contributed by atoms with Crippen molar-refractivity contribution in [2.24, 2.45) is 0 Å². The van der Waals surface area contributed by atoms with Gasteiger partial charge in [-0.15, -0.1) is 0 Å². The minimum absolute atomic E-state index is 0.238.